The summed E-state index contributed by atoms with van der Waals surface area (Å²) in [6.07, 6.45) is 23.2. The Hall–Kier alpha value is -1.51. The van der Waals surface area contributed by atoms with Gasteiger partial charge in [0.05, 0.1) is 5.56 Å². The lowest BCUT2D eigenvalue weighted by Crippen LogP contribution is -2.14. The molecule has 1 aromatic carbocycles. The highest BCUT2D eigenvalue weighted by Crippen LogP contribution is 2.29. The molecule has 0 spiro atoms. The molecule has 0 aliphatic carbocycles. The summed E-state index contributed by atoms with van der Waals surface area (Å²) >= 11 is 0. The molecule has 1 aliphatic heterocycles. The SMILES string of the molecule is CCCCCCCCCCCCCCCCC[C@H]1Cc2cc(C(=O)O)ccc2N1. The van der Waals surface area contributed by atoms with Gasteiger partial charge in [0.2, 0.25) is 0 Å². The molecule has 0 radical (unpaired) electrons. The van der Waals surface area contributed by atoms with Crippen molar-refractivity contribution in [3.05, 3.63) is 29.3 Å². The molecule has 1 heterocycles. The highest BCUT2D eigenvalue weighted by molar-refractivity contribution is 5.88. The maximum absolute atomic E-state index is 11.1. The van der Waals surface area contributed by atoms with Gasteiger partial charge in [0.15, 0.2) is 0 Å². The van der Waals surface area contributed by atoms with Gasteiger partial charge in [0.25, 0.3) is 0 Å². The fraction of sp³-hybridized carbons (Fsp3) is 0.731. The van der Waals surface area contributed by atoms with E-state index in [9.17, 15) is 4.79 Å². The Labute approximate surface area is 178 Å². The largest absolute Gasteiger partial charge is 0.478 e. The minimum absolute atomic E-state index is 0.401. The molecule has 1 atom stereocenters. The van der Waals surface area contributed by atoms with Gasteiger partial charge in [0, 0.05) is 11.7 Å². The van der Waals surface area contributed by atoms with E-state index >= 15 is 0 Å². The van der Waals surface area contributed by atoms with Gasteiger partial charge < -0.3 is 10.4 Å². The van der Waals surface area contributed by atoms with Crippen LogP contribution in [-0.4, -0.2) is 17.1 Å². The number of carboxylic acid groups (broad SMARTS) is 1. The molecule has 2 rings (SSSR count). The topological polar surface area (TPSA) is 49.3 Å². The Balaban J connectivity index is 1.37. The number of unbranched alkanes of at least 4 members (excludes halogenated alkanes) is 14. The second-order valence-corrected chi connectivity index (χ2v) is 8.96. The number of rotatable bonds is 17. The Morgan fingerprint density at radius 1 is 0.862 bits per heavy atom. The minimum Gasteiger partial charge on any atom is -0.478 e. The molecule has 1 aliphatic rings. The van der Waals surface area contributed by atoms with Crippen LogP contribution < -0.4 is 5.32 Å². The van der Waals surface area contributed by atoms with Crippen LogP contribution in [0.2, 0.25) is 0 Å². The van der Waals surface area contributed by atoms with Crippen molar-refractivity contribution in [1.82, 2.24) is 0 Å². The van der Waals surface area contributed by atoms with Crippen LogP contribution in [0.15, 0.2) is 18.2 Å². The number of benzene rings is 1. The third-order valence-electron chi connectivity index (χ3n) is 6.33. The van der Waals surface area contributed by atoms with Crippen molar-refractivity contribution in [2.75, 3.05) is 5.32 Å². The molecule has 3 heteroatoms. The first-order valence-electron chi connectivity index (χ1n) is 12.3. The molecule has 3 nitrogen and oxygen atoms in total. The first kappa shape index (κ1) is 23.8. The summed E-state index contributed by atoms with van der Waals surface area (Å²) in [6, 6.07) is 5.93. The van der Waals surface area contributed by atoms with Gasteiger partial charge in [-0.05, 0) is 36.6 Å². The zero-order chi connectivity index (χ0) is 20.7. The van der Waals surface area contributed by atoms with Gasteiger partial charge in [-0.1, -0.05) is 103 Å². The fourth-order valence-corrected chi connectivity index (χ4v) is 4.51. The lowest BCUT2D eigenvalue weighted by atomic mass is 10.0. The van der Waals surface area contributed by atoms with Gasteiger partial charge >= 0.3 is 5.97 Å². The van der Waals surface area contributed by atoms with Crippen LogP contribution in [0.5, 0.6) is 0 Å². The molecular weight excluding hydrogens is 358 g/mol. The Bertz CT molecular complexity index is 584. The van der Waals surface area contributed by atoms with Crippen molar-refractivity contribution in [1.29, 1.82) is 0 Å². The third-order valence-corrected chi connectivity index (χ3v) is 6.33. The van der Waals surface area contributed by atoms with Crippen molar-refractivity contribution < 1.29 is 9.90 Å². The van der Waals surface area contributed by atoms with E-state index in [2.05, 4.69) is 12.2 Å². The normalized spacial score (nSPS) is 15.3. The number of carbonyl (C=O) groups is 1. The zero-order valence-electron chi connectivity index (χ0n) is 18.7. The fourth-order valence-electron chi connectivity index (χ4n) is 4.51. The predicted octanol–water partition coefficient (Wildman–Crippen LogP) is 7.98. The average Bonchev–Trinajstić information content (AvgIpc) is 3.12. The maximum Gasteiger partial charge on any atom is 0.335 e. The van der Waals surface area contributed by atoms with Gasteiger partial charge in [-0.15, -0.1) is 0 Å². The van der Waals surface area contributed by atoms with Crippen LogP contribution >= 0.6 is 0 Å². The number of hydrogen-bond acceptors (Lipinski definition) is 2. The molecule has 29 heavy (non-hydrogen) atoms. The number of aromatic carboxylic acids is 1. The average molecular weight is 402 g/mol. The van der Waals surface area contributed by atoms with E-state index < -0.39 is 5.97 Å². The smallest absolute Gasteiger partial charge is 0.335 e. The molecule has 0 aromatic heterocycles. The monoisotopic (exact) mass is 401 g/mol. The molecule has 164 valence electrons. The summed E-state index contributed by atoms with van der Waals surface area (Å²) in [5, 5.41) is 12.7. The van der Waals surface area contributed by atoms with Gasteiger partial charge in [-0.25, -0.2) is 4.79 Å². The summed E-state index contributed by atoms with van der Waals surface area (Å²) in [7, 11) is 0. The van der Waals surface area contributed by atoms with Crippen molar-refractivity contribution in [3.63, 3.8) is 0 Å². The molecule has 2 N–H and O–H groups in total. The predicted molar refractivity (Wildman–Crippen MR) is 124 cm³/mol. The summed E-state index contributed by atoms with van der Waals surface area (Å²) in [5.41, 5.74) is 2.69. The van der Waals surface area contributed by atoms with E-state index in [4.69, 9.17) is 5.11 Å². The number of fused-ring (bicyclic) bond motifs is 1. The zero-order valence-corrected chi connectivity index (χ0v) is 18.7. The first-order valence-corrected chi connectivity index (χ1v) is 12.3. The van der Waals surface area contributed by atoms with Crippen LogP contribution in [0.3, 0.4) is 0 Å². The van der Waals surface area contributed by atoms with Crippen molar-refractivity contribution in [3.8, 4) is 0 Å². The molecule has 0 fully saturated rings. The highest BCUT2D eigenvalue weighted by atomic mass is 16.4. The molecule has 0 unspecified atom stereocenters. The van der Waals surface area contributed by atoms with E-state index in [0.717, 1.165) is 17.7 Å². The van der Waals surface area contributed by atoms with Crippen molar-refractivity contribution in [2.24, 2.45) is 0 Å². The lowest BCUT2D eigenvalue weighted by molar-refractivity contribution is 0.0697. The van der Waals surface area contributed by atoms with E-state index in [-0.39, 0.29) is 0 Å². The first-order chi connectivity index (χ1) is 14.2. The van der Waals surface area contributed by atoms with Crippen molar-refractivity contribution in [2.45, 2.75) is 122 Å². The number of nitrogens with one attached hydrogen (secondary N) is 1. The number of carboxylic acids is 1. The van der Waals surface area contributed by atoms with Crippen molar-refractivity contribution >= 4 is 11.7 Å². The van der Waals surface area contributed by atoms with E-state index in [1.807, 2.05) is 12.1 Å². The van der Waals surface area contributed by atoms with E-state index in [0.29, 0.717) is 11.6 Å². The lowest BCUT2D eigenvalue weighted by Gasteiger charge is -2.10. The van der Waals surface area contributed by atoms with Gasteiger partial charge in [-0.3, -0.25) is 0 Å². The van der Waals surface area contributed by atoms with E-state index in [1.165, 1.54) is 103 Å². The molecule has 0 amide bonds. The minimum atomic E-state index is -0.835. The summed E-state index contributed by atoms with van der Waals surface area (Å²) in [5.74, 6) is -0.835. The molecule has 0 bridgehead atoms. The Morgan fingerprint density at radius 3 is 1.90 bits per heavy atom. The number of anilines is 1. The molecule has 0 saturated heterocycles. The van der Waals surface area contributed by atoms with E-state index in [1.54, 1.807) is 6.07 Å². The standard InChI is InChI=1S/C26H43NO2/c1-2-3-4-5-6-7-8-9-10-11-12-13-14-15-16-17-24-21-23-20-22(26(28)29)18-19-25(23)27-24/h18-20,24,27H,2-17,21H2,1H3,(H,28,29)/t24-/m0/s1. The highest BCUT2D eigenvalue weighted by Gasteiger charge is 2.21. The second kappa shape index (κ2) is 14.5. The van der Waals surface area contributed by atoms with Gasteiger partial charge in [0.1, 0.15) is 0 Å². The van der Waals surface area contributed by atoms with Crippen LogP contribution in [-0.2, 0) is 6.42 Å². The summed E-state index contributed by atoms with van der Waals surface area (Å²) in [6.45, 7) is 2.28. The number of hydrogen-bond donors (Lipinski definition) is 2. The molecule has 0 saturated carbocycles. The maximum atomic E-state index is 11.1. The summed E-state index contributed by atoms with van der Waals surface area (Å²) < 4.78 is 0. The molecule has 1 aromatic rings. The Kier molecular flexibility index (Phi) is 11.9. The summed E-state index contributed by atoms with van der Waals surface area (Å²) in [4.78, 5) is 11.1. The Morgan fingerprint density at radius 2 is 1.38 bits per heavy atom. The van der Waals surface area contributed by atoms with Crippen LogP contribution in [0.4, 0.5) is 5.69 Å². The van der Waals surface area contributed by atoms with Crippen LogP contribution in [0.25, 0.3) is 0 Å². The van der Waals surface area contributed by atoms with Crippen LogP contribution in [0, 0.1) is 0 Å². The molecular formula is C26H43NO2. The third kappa shape index (κ3) is 9.69. The van der Waals surface area contributed by atoms with Gasteiger partial charge in [-0.2, -0.15) is 0 Å². The quantitative estimate of drug-likeness (QED) is 0.260. The van der Waals surface area contributed by atoms with Crippen LogP contribution in [0.1, 0.15) is 126 Å². The second-order valence-electron chi connectivity index (χ2n) is 8.96.